The van der Waals surface area contributed by atoms with Crippen molar-refractivity contribution in [3.8, 4) is 0 Å². The standard InChI is InChI=1S/C14H22N6/c1-2-18-8-6-16-14(18)10-19-7-4-3-5-13(19)9-20-12-15-11-17-20/h6,8,11-13H,2-5,7,9-10H2,1H3/t13-/m1/s1. The second kappa shape index (κ2) is 6.17. The van der Waals surface area contributed by atoms with E-state index < -0.39 is 0 Å². The van der Waals surface area contributed by atoms with Gasteiger partial charge in [0.2, 0.25) is 0 Å². The van der Waals surface area contributed by atoms with E-state index in [1.165, 1.54) is 19.3 Å². The highest BCUT2D eigenvalue weighted by molar-refractivity contribution is 4.93. The minimum Gasteiger partial charge on any atom is -0.334 e. The summed E-state index contributed by atoms with van der Waals surface area (Å²) in [6, 6.07) is 0.535. The molecule has 108 valence electrons. The zero-order valence-corrected chi connectivity index (χ0v) is 12.0. The predicted molar refractivity (Wildman–Crippen MR) is 76.0 cm³/mol. The Balaban J connectivity index is 1.69. The number of aryl methyl sites for hydroxylation is 1. The molecule has 1 saturated heterocycles. The van der Waals surface area contributed by atoms with Gasteiger partial charge in [-0.2, -0.15) is 5.10 Å². The van der Waals surface area contributed by atoms with Gasteiger partial charge in [0.1, 0.15) is 18.5 Å². The van der Waals surface area contributed by atoms with Crippen LogP contribution in [-0.2, 0) is 19.6 Å². The highest BCUT2D eigenvalue weighted by Crippen LogP contribution is 2.20. The molecule has 0 N–H and O–H groups in total. The fourth-order valence-electron chi connectivity index (χ4n) is 2.98. The molecular formula is C14H22N6. The summed E-state index contributed by atoms with van der Waals surface area (Å²) in [5.41, 5.74) is 0. The van der Waals surface area contributed by atoms with Crippen LogP contribution in [0.3, 0.4) is 0 Å². The molecule has 1 atom stereocenters. The third kappa shape index (κ3) is 2.90. The van der Waals surface area contributed by atoms with Crippen LogP contribution in [0.1, 0.15) is 32.0 Å². The van der Waals surface area contributed by atoms with Crippen molar-refractivity contribution in [1.82, 2.24) is 29.2 Å². The first-order valence-corrected chi connectivity index (χ1v) is 7.43. The zero-order valence-electron chi connectivity index (χ0n) is 12.0. The van der Waals surface area contributed by atoms with Crippen LogP contribution in [0.15, 0.2) is 25.0 Å². The van der Waals surface area contributed by atoms with Crippen molar-refractivity contribution in [2.24, 2.45) is 0 Å². The average Bonchev–Trinajstić information content (AvgIpc) is 3.12. The minimum atomic E-state index is 0.535. The Hall–Kier alpha value is -1.69. The first kappa shape index (κ1) is 13.3. The van der Waals surface area contributed by atoms with Crippen molar-refractivity contribution in [2.45, 2.75) is 51.9 Å². The van der Waals surface area contributed by atoms with Crippen molar-refractivity contribution in [3.05, 3.63) is 30.9 Å². The summed E-state index contributed by atoms with van der Waals surface area (Å²) in [5.74, 6) is 1.16. The molecule has 1 aliphatic rings. The molecule has 0 amide bonds. The van der Waals surface area contributed by atoms with Gasteiger partial charge in [-0.15, -0.1) is 0 Å². The van der Waals surface area contributed by atoms with E-state index in [0.29, 0.717) is 6.04 Å². The Morgan fingerprint density at radius 1 is 1.35 bits per heavy atom. The summed E-state index contributed by atoms with van der Waals surface area (Å²) in [6.45, 7) is 6.15. The number of piperidine rings is 1. The van der Waals surface area contributed by atoms with E-state index in [9.17, 15) is 0 Å². The van der Waals surface area contributed by atoms with Crippen LogP contribution in [0, 0.1) is 0 Å². The van der Waals surface area contributed by atoms with Crippen LogP contribution < -0.4 is 0 Å². The highest BCUT2D eigenvalue weighted by atomic mass is 15.3. The SMILES string of the molecule is CCn1ccnc1CN1CCCC[C@@H]1Cn1cncn1. The molecule has 2 aromatic heterocycles. The molecule has 0 saturated carbocycles. The van der Waals surface area contributed by atoms with Gasteiger partial charge < -0.3 is 4.57 Å². The fourth-order valence-corrected chi connectivity index (χ4v) is 2.98. The van der Waals surface area contributed by atoms with Crippen LogP contribution >= 0.6 is 0 Å². The molecule has 0 unspecified atom stereocenters. The van der Waals surface area contributed by atoms with Crippen molar-refractivity contribution >= 4 is 0 Å². The first-order valence-electron chi connectivity index (χ1n) is 7.43. The number of rotatable bonds is 5. The van der Waals surface area contributed by atoms with Gasteiger partial charge in [0.15, 0.2) is 0 Å². The maximum absolute atomic E-state index is 4.50. The van der Waals surface area contributed by atoms with Crippen molar-refractivity contribution in [3.63, 3.8) is 0 Å². The molecule has 6 nitrogen and oxygen atoms in total. The van der Waals surface area contributed by atoms with Crippen LogP contribution in [0.2, 0.25) is 0 Å². The normalized spacial score (nSPS) is 20.4. The van der Waals surface area contributed by atoms with Gasteiger partial charge in [-0.1, -0.05) is 6.42 Å². The molecular weight excluding hydrogens is 252 g/mol. The summed E-state index contributed by atoms with van der Waals surface area (Å²) in [7, 11) is 0. The molecule has 3 heterocycles. The fraction of sp³-hybridized carbons (Fsp3) is 0.643. The molecule has 6 heteroatoms. The molecule has 0 aliphatic carbocycles. The van der Waals surface area contributed by atoms with Crippen molar-refractivity contribution in [1.29, 1.82) is 0 Å². The molecule has 2 aromatic rings. The third-order valence-electron chi connectivity index (χ3n) is 4.10. The number of hydrogen-bond acceptors (Lipinski definition) is 4. The Bertz CT molecular complexity index is 518. The number of imidazole rings is 1. The van der Waals surface area contributed by atoms with E-state index in [0.717, 1.165) is 32.0 Å². The van der Waals surface area contributed by atoms with Crippen LogP contribution in [0.25, 0.3) is 0 Å². The Kier molecular flexibility index (Phi) is 4.11. The maximum Gasteiger partial charge on any atom is 0.137 e. The lowest BCUT2D eigenvalue weighted by molar-refractivity contribution is 0.117. The third-order valence-corrected chi connectivity index (χ3v) is 4.10. The lowest BCUT2D eigenvalue weighted by Crippen LogP contribution is -2.42. The van der Waals surface area contributed by atoms with Gasteiger partial charge in [-0.3, -0.25) is 9.58 Å². The van der Waals surface area contributed by atoms with Crippen molar-refractivity contribution in [2.75, 3.05) is 6.54 Å². The number of aromatic nitrogens is 5. The molecule has 0 aromatic carbocycles. The Labute approximate surface area is 119 Å². The number of nitrogens with zero attached hydrogens (tertiary/aromatic N) is 6. The summed E-state index contributed by atoms with van der Waals surface area (Å²) < 4.78 is 4.16. The average molecular weight is 274 g/mol. The second-order valence-corrected chi connectivity index (χ2v) is 5.37. The van der Waals surface area contributed by atoms with Crippen LogP contribution in [0.4, 0.5) is 0 Å². The van der Waals surface area contributed by atoms with E-state index in [4.69, 9.17) is 0 Å². The summed E-state index contributed by atoms with van der Waals surface area (Å²) in [6.07, 6.45) is 11.2. The minimum absolute atomic E-state index is 0.535. The van der Waals surface area contributed by atoms with E-state index in [1.807, 2.05) is 10.9 Å². The van der Waals surface area contributed by atoms with E-state index >= 15 is 0 Å². The smallest absolute Gasteiger partial charge is 0.137 e. The van der Waals surface area contributed by atoms with Crippen LogP contribution in [-0.4, -0.2) is 41.8 Å². The Morgan fingerprint density at radius 3 is 3.10 bits per heavy atom. The molecule has 0 spiro atoms. The number of likely N-dealkylation sites (tertiary alicyclic amines) is 1. The summed E-state index contributed by atoms with van der Waals surface area (Å²) >= 11 is 0. The molecule has 0 radical (unpaired) electrons. The molecule has 20 heavy (non-hydrogen) atoms. The lowest BCUT2D eigenvalue weighted by atomic mass is 10.0. The first-order chi connectivity index (χ1) is 9.86. The van der Waals surface area contributed by atoms with E-state index in [2.05, 4.69) is 37.7 Å². The monoisotopic (exact) mass is 274 g/mol. The summed E-state index contributed by atoms with van der Waals surface area (Å²) in [5, 5.41) is 4.23. The van der Waals surface area contributed by atoms with E-state index in [1.54, 1.807) is 12.7 Å². The Morgan fingerprint density at radius 2 is 2.30 bits per heavy atom. The summed E-state index contributed by atoms with van der Waals surface area (Å²) in [4.78, 5) is 11.1. The van der Waals surface area contributed by atoms with Gasteiger partial charge in [0.05, 0.1) is 13.1 Å². The largest absolute Gasteiger partial charge is 0.334 e. The van der Waals surface area contributed by atoms with Crippen molar-refractivity contribution < 1.29 is 0 Å². The molecule has 0 bridgehead atoms. The lowest BCUT2D eigenvalue weighted by Gasteiger charge is -2.35. The highest BCUT2D eigenvalue weighted by Gasteiger charge is 2.24. The quantitative estimate of drug-likeness (QED) is 0.830. The van der Waals surface area contributed by atoms with Gasteiger partial charge in [0, 0.05) is 25.0 Å². The number of hydrogen-bond donors (Lipinski definition) is 0. The predicted octanol–water partition coefficient (Wildman–Crippen LogP) is 1.55. The molecule has 3 rings (SSSR count). The zero-order chi connectivity index (χ0) is 13.8. The van der Waals surface area contributed by atoms with Gasteiger partial charge >= 0.3 is 0 Å². The molecule has 1 aliphatic heterocycles. The topological polar surface area (TPSA) is 51.8 Å². The van der Waals surface area contributed by atoms with Gasteiger partial charge in [-0.05, 0) is 26.3 Å². The van der Waals surface area contributed by atoms with Crippen LogP contribution in [0.5, 0.6) is 0 Å². The maximum atomic E-state index is 4.50. The van der Waals surface area contributed by atoms with E-state index in [-0.39, 0.29) is 0 Å². The second-order valence-electron chi connectivity index (χ2n) is 5.37. The molecule has 1 fully saturated rings. The van der Waals surface area contributed by atoms with Gasteiger partial charge in [-0.25, -0.2) is 9.97 Å². The van der Waals surface area contributed by atoms with Gasteiger partial charge in [0.25, 0.3) is 0 Å².